The molecule has 0 bridgehead atoms. The van der Waals surface area contributed by atoms with Gasteiger partial charge < -0.3 is 10.3 Å². The van der Waals surface area contributed by atoms with Crippen LogP contribution in [0.4, 0.5) is 5.82 Å². The number of rotatable bonds is 5. The molecule has 96 valence electrons. The minimum atomic E-state index is 0.412. The van der Waals surface area contributed by atoms with Gasteiger partial charge in [0.1, 0.15) is 5.76 Å². The summed E-state index contributed by atoms with van der Waals surface area (Å²) < 4.78 is 5.32. The molecule has 0 aliphatic carbocycles. The zero-order valence-corrected chi connectivity index (χ0v) is 11.2. The second-order valence-electron chi connectivity index (χ2n) is 4.30. The summed E-state index contributed by atoms with van der Waals surface area (Å²) in [5.41, 5.74) is 7.62. The lowest BCUT2D eigenvalue weighted by molar-refractivity contribution is 0.382. The zero-order chi connectivity index (χ0) is 13.0. The molecule has 2 aromatic rings. The van der Waals surface area contributed by atoms with Crippen molar-refractivity contribution in [2.45, 2.75) is 32.6 Å². The molecule has 3 nitrogen and oxygen atoms in total. The second kappa shape index (κ2) is 5.91. The van der Waals surface area contributed by atoms with Gasteiger partial charge in [0.2, 0.25) is 0 Å². The van der Waals surface area contributed by atoms with Crippen molar-refractivity contribution in [2.75, 3.05) is 5.73 Å². The molecule has 0 amide bonds. The Bertz CT molecular complexity index is 522. The molecule has 4 heteroatoms. The first kappa shape index (κ1) is 13.0. The molecule has 18 heavy (non-hydrogen) atoms. The molecular formula is C14H17ClN2O. The second-order valence-corrected chi connectivity index (χ2v) is 4.71. The highest BCUT2D eigenvalue weighted by atomic mass is 35.5. The number of aromatic nitrogens is 1. The highest BCUT2D eigenvalue weighted by Crippen LogP contribution is 2.35. The molecule has 1 aromatic carbocycles. The molecular weight excluding hydrogens is 248 g/mol. The maximum absolute atomic E-state index is 6.20. The van der Waals surface area contributed by atoms with E-state index in [1.165, 1.54) is 12.8 Å². The standard InChI is InChI=1S/C14H17ClN2O/c1-2-3-4-9-12-13(14(16)17-18-12)10-7-5-6-8-11(10)15/h5-8H,2-4,9H2,1H3,(H2,16,17). The normalized spacial score (nSPS) is 10.8. The van der Waals surface area contributed by atoms with E-state index >= 15 is 0 Å². The van der Waals surface area contributed by atoms with E-state index in [-0.39, 0.29) is 0 Å². The van der Waals surface area contributed by atoms with Crippen molar-refractivity contribution in [1.82, 2.24) is 5.16 Å². The van der Waals surface area contributed by atoms with Gasteiger partial charge in [0.05, 0.1) is 5.56 Å². The molecule has 2 N–H and O–H groups in total. The fraction of sp³-hybridized carbons (Fsp3) is 0.357. The van der Waals surface area contributed by atoms with Crippen molar-refractivity contribution >= 4 is 17.4 Å². The minimum Gasteiger partial charge on any atom is -0.380 e. The Hall–Kier alpha value is -1.48. The van der Waals surface area contributed by atoms with E-state index in [9.17, 15) is 0 Å². The molecule has 0 radical (unpaired) electrons. The summed E-state index contributed by atoms with van der Waals surface area (Å²) in [5, 5.41) is 4.53. The predicted octanol–water partition coefficient (Wildman–Crippen LogP) is 4.31. The number of aryl methyl sites for hydroxylation is 1. The average molecular weight is 265 g/mol. The number of hydrogen-bond donors (Lipinski definition) is 1. The van der Waals surface area contributed by atoms with Crippen LogP contribution in [-0.4, -0.2) is 5.16 Å². The van der Waals surface area contributed by atoms with E-state index < -0.39 is 0 Å². The molecule has 0 atom stereocenters. The SMILES string of the molecule is CCCCCc1onc(N)c1-c1ccccc1Cl. The summed E-state index contributed by atoms with van der Waals surface area (Å²) in [6.07, 6.45) is 4.26. The van der Waals surface area contributed by atoms with Gasteiger partial charge in [-0.2, -0.15) is 0 Å². The molecule has 1 aromatic heterocycles. The smallest absolute Gasteiger partial charge is 0.175 e. The largest absolute Gasteiger partial charge is 0.380 e. The van der Waals surface area contributed by atoms with Crippen LogP contribution in [0, 0.1) is 0 Å². The van der Waals surface area contributed by atoms with Crippen molar-refractivity contribution in [3.05, 3.63) is 35.0 Å². The fourth-order valence-corrected chi connectivity index (χ4v) is 2.23. The first-order chi connectivity index (χ1) is 8.74. The van der Waals surface area contributed by atoms with Crippen molar-refractivity contribution in [1.29, 1.82) is 0 Å². The molecule has 0 fully saturated rings. The number of benzene rings is 1. The Morgan fingerprint density at radius 2 is 2.06 bits per heavy atom. The van der Waals surface area contributed by atoms with Gasteiger partial charge in [0.25, 0.3) is 0 Å². The van der Waals surface area contributed by atoms with Crippen LogP contribution >= 0.6 is 11.6 Å². The van der Waals surface area contributed by atoms with Gasteiger partial charge in [-0.3, -0.25) is 0 Å². The van der Waals surface area contributed by atoms with Crippen LogP contribution in [0.5, 0.6) is 0 Å². The summed E-state index contributed by atoms with van der Waals surface area (Å²) >= 11 is 6.20. The molecule has 0 unspecified atom stereocenters. The Morgan fingerprint density at radius 1 is 1.28 bits per heavy atom. The zero-order valence-electron chi connectivity index (χ0n) is 10.4. The monoisotopic (exact) mass is 264 g/mol. The molecule has 0 aliphatic heterocycles. The number of nitrogens with zero attached hydrogens (tertiary/aromatic N) is 1. The molecule has 0 saturated carbocycles. The van der Waals surface area contributed by atoms with Gasteiger partial charge >= 0.3 is 0 Å². The van der Waals surface area contributed by atoms with Gasteiger partial charge in [-0.05, 0) is 12.5 Å². The maximum atomic E-state index is 6.20. The third kappa shape index (κ3) is 2.67. The van der Waals surface area contributed by atoms with E-state index in [0.717, 1.165) is 29.7 Å². The quantitative estimate of drug-likeness (QED) is 0.819. The maximum Gasteiger partial charge on any atom is 0.175 e. The molecule has 0 saturated heterocycles. The highest BCUT2D eigenvalue weighted by Gasteiger charge is 2.17. The van der Waals surface area contributed by atoms with E-state index in [4.69, 9.17) is 21.9 Å². The van der Waals surface area contributed by atoms with Crippen LogP contribution in [0.2, 0.25) is 5.02 Å². The van der Waals surface area contributed by atoms with Crippen LogP contribution in [0.25, 0.3) is 11.1 Å². The summed E-state index contributed by atoms with van der Waals surface area (Å²) in [4.78, 5) is 0. The summed E-state index contributed by atoms with van der Waals surface area (Å²) in [6.45, 7) is 2.17. The summed E-state index contributed by atoms with van der Waals surface area (Å²) in [7, 11) is 0. The van der Waals surface area contributed by atoms with Crippen LogP contribution in [0.15, 0.2) is 28.8 Å². The first-order valence-corrected chi connectivity index (χ1v) is 6.60. The minimum absolute atomic E-state index is 0.412. The fourth-order valence-electron chi connectivity index (χ4n) is 2.00. The van der Waals surface area contributed by atoms with Gasteiger partial charge in [0, 0.05) is 17.0 Å². The number of nitrogens with two attached hydrogens (primary N) is 1. The predicted molar refractivity (Wildman–Crippen MR) is 74.6 cm³/mol. The van der Waals surface area contributed by atoms with Crippen LogP contribution in [0.3, 0.4) is 0 Å². The Labute approximate surface area is 112 Å². The average Bonchev–Trinajstić information content (AvgIpc) is 2.72. The Balaban J connectivity index is 2.32. The van der Waals surface area contributed by atoms with Gasteiger partial charge in [-0.1, -0.05) is 54.7 Å². The first-order valence-electron chi connectivity index (χ1n) is 6.23. The van der Waals surface area contributed by atoms with Gasteiger partial charge in [-0.25, -0.2) is 0 Å². The van der Waals surface area contributed by atoms with Crippen molar-refractivity contribution < 1.29 is 4.52 Å². The highest BCUT2D eigenvalue weighted by molar-refractivity contribution is 6.33. The third-order valence-corrected chi connectivity index (χ3v) is 3.27. The van der Waals surface area contributed by atoms with Crippen molar-refractivity contribution in [3.8, 4) is 11.1 Å². The lowest BCUT2D eigenvalue weighted by Gasteiger charge is -2.04. The van der Waals surface area contributed by atoms with Crippen molar-refractivity contribution in [2.24, 2.45) is 0 Å². The van der Waals surface area contributed by atoms with E-state index in [1.807, 2.05) is 24.3 Å². The van der Waals surface area contributed by atoms with Gasteiger partial charge in [0.15, 0.2) is 5.82 Å². The molecule has 1 heterocycles. The van der Waals surface area contributed by atoms with Crippen molar-refractivity contribution in [3.63, 3.8) is 0 Å². The Morgan fingerprint density at radius 3 is 2.78 bits per heavy atom. The molecule has 2 rings (SSSR count). The lowest BCUT2D eigenvalue weighted by atomic mass is 10.0. The number of halogens is 1. The third-order valence-electron chi connectivity index (χ3n) is 2.94. The van der Waals surface area contributed by atoms with Gasteiger partial charge in [-0.15, -0.1) is 0 Å². The number of hydrogen-bond acceptors (Lipinski definition) is 3. The number of nitrogen functional groups attached to an aromatic ring is 1. The number of anilines is 1. The number of unbranched alkanes of at least 4 members (excludes halogenated alkanes) is 2. The van der Waals surface area contributed by atoms with E-state index in [0.29, 0.717) is 10.8 Å². The van der Waals surface area contributed by atoms with E-state index in [1.54, 1.807) is 0 Å². The van der Waals surface area contributed by atoms with E-state index in [2.05, 4.69) is 12.1 Å². The lowest BCUT2D eigenvalue weighted by Crippen LogP contribution is -1.92. The topological polar surface area (TPSA) is 52.0 Å². The van der Waals surface area contributed by atoms with Crippen LogP contribution in [-0.2, 0) is 6.42 Å². The summed E-state index contributed by atoms with van der Waals surface area (Å²) in [5.74, 6) is 1.24. The Kier molecular flexibility index (Phi) is 4.26. The summed E-state index contributed by atoms with van der Waals surface area (Å²) in [6, 6.07) is 7.61. The van der Waals surface area contributed by atoms with Crippen LogP contribution < -0.4 is 5.73 Å². The van der Waals surface area contributed by atoms with Crippen LogP contribution in [0.1, 0.15) is 31.9 Å². The molecule has 0 aliphatic rings. The molecule has 0 spiro atoms.